The van der Waals surface area contributed by atoms with Gasteiger partial charge in [0.1, 0.15) is 0 Å². The van der Waals surface area contributed by atoms with E-state index >= 15 is 0 Å². The fourth-order valence-electron chi connectivity index (χ4n) is 2.30. The SMILES string of the molecule is CC(C)OC(=O)NN(C(=O)OC(C)C)C(=O)c1cccc2ccccc12. The zero-order chi connectivity index (χ0) is 19.3. The maximum absolute atomic E-state index is 13.0. The first kappa shape index (κ1) is 19.2. The van der Waals surface area contributed by atoms with Gasteiger partial charge in [-0.05, 0) is 44.5 Å². The van der Waals surface area contributed by atoms with Crippen LogP contribution in [0, 0.1) is 0 Å². The van der Waals surface area contributed by atoms with Gasteiger partial charge in [0.2, 0.25) is 0 Å². The summed E-state index contributed by atoms with van der Waals surface area (Å²) in [5, 5.41) is 2.02. The van der Waals surface area contributed by atoms with Gasteiger partial charge in [0.05, 0.1) is 12.2 Å². The summed E-state index contributed by atoms with van der Waals surface area (Å²) in [7, 11) is 0. The molecule has 0 radical (unpaired) electrons. The van der Waals surface area contributed by atoms with Crippen molar-refractivity contribution in [3.63, 3.8) is 0 Å². The van der Waals surface area contributed by atoms with Gasteiger partial charge in [0, 0.05) is 5.56 Å². The summed E-state index contributed by atoms with van der Waals surface area (Å²) in [5.74, 6) is -0.715. The molecular formula is C19H22N2O5. The highest BCUT2D eigenvalue weighted by Gasteiger charge is 2.29. The summed E-state index contributed by atoms with van der Waals surface area (Å²) in [6, 6.07) is 12.4. The number of imide groups is 1. The minimum atomic E-state index is -0.987. The highest BCUT2D eigenvalue weighted by molar-refractivity contribution is 6.11. The van der Waals surface area contributed by atoms with Crippen molar-refractivity contribution >= 4 is 28.9 Å². The van der Waals surface area contributed by atoms with Crippen LogP contribution in [0.4, 0.5) is 9.59 Å². The number of hydrazine groups is 1. The van der Waals surface area contributed by atoms with Crippen LogP contribution < -0.4 is 5.43 Å². The number of benzene rings is 2. The van der Waals surface area contributed by atoms with E-state index < -0.39 is 30.3 Å². The Bertz CT molecular complexity index is 811. The molecular weight excluding hydrogens is 336 g/mol. The molecule has 2 aromatic carbocycles. The lowest BCUT2D eigenvalue weighted by Crippen LogP contribution is -2.51. The molecule has 3 amide bonds. The second-order valence-electron chi connectivity index (χ2n) is 6.17. The average Bonchev–Trinajstić information content (AvgIpc) is 2.57. The van der Waals surface area contributed by atoms with Gasteiger partial charge < -0.3 is 9.47 Å². The average molecular weight is 358 g/mol. The van der Waals surface area contributed by atoms with E-state index in [1.54, 1.807) is 52.0 Å². The Hall–Kier alpha value is -3.09. The van der Waals surface area contributed by atoms with Crippen molar-refractivity contribution in [2.24, 2.45) is 0 Å². The third kappa shape index (κ3) is 4.72. The quantitative estimate of drug-likeness (QED) is 0.842. The Morgan fingerprint density at radius 1 is 0.885 bits per heavy atom. The normalized spacial score (nSPS) is 10.7. The molecule has 0 saturated carbocycles. The van der Waals surface area contributed by atoms with E-state index in [4.69, 9.17) is 9.47 Å². The third-order valence-electron chi connectivity index (χ3n) is 3.29. The smallest absolute Gasteiger partial charge is 0.436 e. The lowest BCUT2D eigenvalue weighted by Gasteiger charge is -2.23. The number of amides is 3. The van der Waals surface area contributed by atoms with Gasteiger partial charge in [0.15, 0.2) is 0 Å². The van der Waals surface area contributed by atoms with E-state index in [9.17, 15) is 14.4 Å². The Morgan fingerprint density at radius 2 is 1.50 bits per heavy atom. The van der Waals surface area contributed by atoms with Gasteiger partial charge in [-0.2, -0.15) is 0 Å². The summed E-state index contributed by atoms with van der Waals surface area (Å²) < 4.78 is 10.0. The Morgan fingerprint density at radius 3 is 2.15 bits per heavy atom. The summed E-state index contributed by atoms with van der Waals surface area (Å²) >= 11 is 0. The molecule has 0 fully saturated rings. The van der Waals surface area contributed by atoms with Gasteiger partial charge >= 0.3 is 12.2 Å². The zero-order valence-corrected chi connectivity index (χ0v) is 15.2. The molecule has 0 aliphatic heterocycles. The topological polar surface area (TPSA) is 84.9 Å². The van der Waals surface area contributed by atoms with E-state index in [0.29, 0.717) is 10.4 Å². The van der Waals surface area contributed by atoms with Crippen molar-refractivity contribution in [1.29, 1.82) is 0 Å². The number of hydrogen-bond donors (Lipinski definition) is 1. The second-order valence-corrected chi connectivity index (χ2v) is 6.17. The van der Waals surface area contributed by atoms with Crippen LogP contribution in [0.15, 0.2) is 42.5 Å². The Labute approximate surface area is 151 Å². The van der Waals surface area contributed by atoms with Crippen LogP contribution in [0.25, 0.3) is 10.8 Å². The van der Waals surface area contributed by atoms with Gasteiger partial charge in [0.25, 0.3) is 5.91 Å². The predicted octanol–water partition coefficient (Wildman–Crippen LogP) is 3.88. The van der Waals surface area contributed by atoms with Gasteiger partial charge in [-0.15, -0.1) is 5.01 Å². The van der Waals surface area contributed by atoms with Crippen molar-refractivity contribution in [2.75, 3.05) is 0 Å². The zero-order valence-electron chi connectivity index (χ0n) is 15.2. The molecule has 0 saturated heterocycles. The van der Waals surface area contributed by atoms with Crippen LogP contribution in [0.3, 0.4) is 0 Å². The molecule has 7 nitrogen and oxygen atoms in total. The number of nitrogens with one attached hydrogen (secondary N) is 1. The fraction of sp³-hybridized carbons (Fsp3) is 0.316. The third-order valence-corrected chi connectivity index (χ3v) is 3.29. The van der Waals surface area contributed by atoms with E-state index in [1.807, 2.05) is 18.2 Å². The standard InChI is InChI=1S/C19H22N2O5/c1-12(2)25-18(23)20-21(19(24)26-13(3)4)17(22)16-11-7-9-14-8-5-6-10-15(14)16/h5-13H,1-4H3,(H,20,23). The first-order chi connectivity index (χ1) is 12.3. The van der Waals surface area contributed by atoms with Gasteiger partial charge in [-0.3, -0.25) is 4.79 Å². The van der Waals surface area contributed by atoms with Crippen LogP contribution in [0.5, 0.6) is 0 Å². The molecule has 0 spiro atoms. The molecule has 1 N–H and O–H groups in total. The minimum Gasteiger partial charge on any atom is -0.446 e. The molecule has 2 rings (SSSR count). The van der Waals surface area contributed by atoms with Crippen molar-refractivity contribution in [3.05, 3.63) is 48.0 Å². The molecule has 0 heterocycles. The molecule has 0 unspecified atom stereocenters. The molecule has 2 aromatic rings. The molecule has 0 atom stereocenters. The van der Waals surface area contributed by atoms with E-state index in [0.717, 1.165) is 5.39 Å². The van der Waals surface area contributed by atoms with Crippen molar-refractivity contribution in [1.82, 2.24) is 10.4 Å². The largest absolute Gasteiger partial charge is 0.446 e. The van der Waals surface area contributed by atoms with Gasteiger partial charge in [-0.25, -0.2) is 15.0 Å². The highest BCUT2D eigenvalue weighted by atomic mass is 16.6. The number of fused-ring (bicyclic) bond motifs is 1. The summed E-state index contributed by atoms with van der Waals surface area (Å²) in [6.07, 6.45) is -2.79. The van der Waals surface area contributed by atoms with Crippen LogP contribution in [-0.4, -0.2) is 35.3 Å². The summed E-state index contributed by atoms with van der Waals surface area (Å²) in [4.78, 5) is 37.2. The number of nitrogens with zero attached hydrogens (tertiary/aromatic N) is 1. The minimum absolute atomic E-state index is 0.258. The van der Waals surface area contributed by atoms with E-state index in [2.05, 4.69) is 5.43 Å². The lowest BCUT2D eigenvalue weighted by atomic mass is 10.0. The number of rotatable bonds is 3. The van der Waals surface area contributed by atoms with E-state index in [-0.39, 0.29) is 5.56 Å². The predicted molar refractivity (Wildman–Crippen MR) is 96.5 cm³/mol. The highest BCUT2D eigenvalue weighted by Crippen LogP contribution is 2.20. The molecule has 0 aliphatic carbocycles. The summed E-state index contributed by atoms with van der Waals surface area (Å²) in [5.41, 5.74) is 2.42. The van der Waals surface area contributed by atoms with Gasteiger partial charge in [-0.1, -0.05) is 36.4 Å². The van der Waals surface area contributed by atoms with Crippen LogP contribution >= 0.6 is 0 Å². The number of carbonyl (C=O) groups is 3. The molecule has 138 valence electrons. The lowest BCUT2D eigenvalue weighted by molar-refractivity contribution is 0.0384. The van der Waals surface area contributed by atoms with Crippen molar-refractivity contribution < 1.29 is 23.9 Å². The number of hydrogen-bond acceptors (Lipinski definition) is 5. The fourth-order valence-corrected chi connectivity index (χ4v) is 2.30. The maximum Gasteiger partial charge on any atom is 0.436 e. The molecule has 7 heteroatoms. The van der Waals surface area contributed by atoms with Crippen molar-refractivity contribution in [2.45, 2.75) is 39.9 Å². The maximum atomic E-state index is 13.0. The summed E-state index contributed by atoms with van der Waals surface area (Å²) in [6.45, 7) is 6.60. The van der Waals surface area contributed by atoms with E-state index in [1.165, 1.54) is 0 Å². The Kier molecular flexibility index (Phi) is 6.16. The monoisotopic (exact) mass is 358 g/mol. The molecule has 0 bridgehead atoms. The number of ether oxygens (including phenoxy) is 2. The first-order valence-corrected chi connectivity index (χ1v) is 8.29. The Balaban J connectivity index is 2.37. The van der Waals surface area contributed by atoms with Crippen LogP contribution in [0.2, 0.25) is 0 Å². The molecule has 0 aromatic heterocycles. The second kappa shape index (κ2) is 8.33. The number of carbonyl (C=O) groups excluding carboxylic acids is 3. The first-order valence-electron chi connectivity index (χ1n) is 8.29. The van der Waals surface area contributed by atoms with Crippen molar-refractivity contribution in [3.8, 4) is 0 Å². The molecule has 26 heavy (non-hydrogen) atoms. The van der Waals surface area contributed by atoms with Crippen LogP contribution in [-0.2, 0) is 9.47 Å². The molecule has 0 aliphatic rings. The van der Waals surface area contributed by atoms with Crippen LogP contribution in [0.1, 0.15) is 38.1 Å².